The molecule has 0 fully saturated rings. The van der Waals surface area contributed by atoms with Gasteiger partial charge in [0.2, 0.25) is 5.88 Å². The van der Waals surface area contributed by atoms with E-state index in [2.05, 4.69) is 4.98 Å². The third kappa shape index (κ3) is 3.71. The lowest BCUT2D eigenvalue weighted by Crippen LogP contribution is -2.03. The molecule has 0 aliphatic carbocycles. The Balaban J connectivity index is 2.16. The van der Waals surface area contributed by atoms with E-state index >= 15 is 0 Å². The fourth-order valence-electron chi connectivity index (χ4n) is 1.72. The molecule has 1 heterocycles. The van der Waals surface area contributed by atoms with Crippen molar-refractivity contribution in [3.05, 3.63) is 58.2 Å². The zero-order valence-corrected chi connectivity index (χ0v) is 11.7. The molecule has 0 unspecified atom stereocenters. The fourth-order valence-corrected chi connectivity index (χ4v) is 1.94. The minimum absolute atomic E-state index is 0.179. The van der Waals surface area contributed by atoms with E-state index in [9.17, 15) is 4.79 Å². The average molecular weight is 292 g/mol. The monoisotopic (exact) mass is 291 g/mol. The number of hydrogen-bond donors (Lipinski definition) is 1. The van der Waals surface area contributed by atoms with Crippen molar-refractivity contribution < 1.29 is 14.6 Å². The van der Waals surface area contributed by atoms with Crippen LogP contribution in [0.2, 0.25) is 5.02 Å². The largest absolute Gasteiger partial charge is 0.478 e. The van der Waals surface area contributed by atoms with Crippen molar-refractivity contribution in [2.45, 2.75) is 20.0 Å². The second-order valence-corrected chi connectivity index (χ2v) is 4.70. The highest BCUT2D eigenvalue weighted by Crippen LogP contribution is 2.16. The molecule has 0 saturated heterocycles. The predicted octanol–water partition coefficient (Wildman–Crippen LogP) is 3.57. The van der Waals surface area contributed by atoms with Crippen LogP contribution in [0.3, 0.4) is 0 Å². The third-order valence-electron chi connectivity index (χ3n) is 2.74. The summed E-state index contributed by atoms with van der Waals surface area (Å²) < 4.78 is 5.55. The Morgan fingerprint density at radius 1 is 1.35 bits per heavy atom. The molecular formula is C15H14ClNO3. The molecule has 2 rings (SSSR count). The molecule has 5 heteroatoms. The standard InChI is InChI=1S/C15H14ClNO3/c1-2-13-7-11(15(18)19)8-14(17-13)20-9-10-4-3-5-12(16)6-10/h3-8H,2,9H2,1H3,(H,18,19). The lowest BCUT2D eigenvalue weighted by molar-refractivity contribution is 0.0696. The molecule has 0 radical (unpaired) electrons. The maximum atomic E-state index is 11.0. The number of aromatic carboxylic acids is 1. The zero-order valence-electron chi connectivity index (χ0n) is 11.0. The van der Waals surface area contributed by atoms with E-state index < -0.39 is 5.97 Å². The maximum absolute atomic E-state index is 11.0. The number of nitrogens with zero attached hydrogens (tertiary/aromatic N) is 1. The van der Waals surface area contributed by atoms with Crippen LogP contribution in [-0.4, -0.2) is 16.1 Å². The molecule has 2 aromatic rings. The summed E-state index contributed by atoms with van der Waals surface area (Å²) >= 11 is 5.89. The van der Waals surface area contributed by atoms with Crippen molar-refractivity contribution in [1.82, 2.24) is 4.98 Å². The average Bonchev–Trinajstić information content (AvgIpc) is 2.45. The van der Waals surface area contributed by atoms with Gasteiger partial charge in [-0.2, -0.15) is 0 Å². The number of aromatic nitrogens is 1. The summed E-state index contributed by atoms with van der Waals surface area (Å²) in [5, 5.41) is 9.68. The predicted molar refractivity (Wildman–Crippen MR) is 76.4 cm³/mol. The summed E-state index contributed by atoms with van der Waals surface area (Å²) in [6.07, 6.45) is 0.647. The molecule has 0 spiro atoms. The quantitative estimate of drug-likeness (QED) is 0.915. The number of carbonyl (C=O) groups is 1. The van der Waals surface area contributed by atoms with E-state index in [0.29, 0.717) is 29.6 Å². The van der Waals surface area contributed by atoms with Gasteiger partial charge in [0.25, 0.3) is 0 Å². The van der Waals surface area contributed by atoms with Gasteiger partial charge in [-0.3, -0.25) is 0 Å². The van der Waals surface area contributed by atoms with Gasteiger partial charge in [-0.1, -0.05) is 30.7 Å². The van der Waals surface area contributed by atoms with E-state index in [1.807, 2.05) is 19.1 Å². The van der Waals surface area contributed by atoms with Crippen LogP contribution in [0.4, 0.5) is 0 Å². The zero-order chi connectivity index (χ0) is 14.5. The third-order valence-corrected chi connectivity index (χ3v) is 2.97. The molecule has 0 bridgehead atoms. The Morgan fingerprint density at radius 2 is 2.15 bits per heavy atom. The van der Waals surface area contributed by atoms with Gasteiger partial charge < -0.3 is 9.84 Å². The number of carboxylic acid groups (broad SMARTS) is 1. The summed E-state index contributed by atoms with van der Waals surface area (Å²) in [6, 6.07) is 10.3. The molecule has 0 aliphatic heterocycles. The first kappa shape index (κ1) is 14.3. The topological polar surface area (TPSA) is 59.4 Å². The molecule has 1 aromatic heterocycles. The fraction of sp³-hybridized carbons (Fsp3) is 0.200. The Morgan fingerprint density at radius 3 is 2.80 bits per heavy atom. The first-order chi connectivity index (χ1) is 9.58. The minimum Gasteiger partial charge on any atom is -0.478 e. The van der Waals surface area contributed by atoms with Crippen LogP contribution in [0.5, 0.6) is 5.88 Å². The molecule has 104 valence electrons. The van der Waals surface area contributed by atoms with Gasteiger partial charge in [0.15, 0.2) is 0 Å². The molecule has 1 N–H and O–H groups in total. The van der Waals surface area contributed by atoms with E-state index in [1.54, 1.807) is 18.2 Å². The molecule has 1 aromatic carbocycles. The second kappa shape index (κ2) is 6.39. The van der Waals surface area contributed by atoms with Crippen molar-refractivity contribution in [3.8, 4) is 5.88 Å². The number of carboxylic acids is 1. The van der Waals surface area contributed by atoms with E-state index in [0.717, 1.165) is 5.56 Å². The van der Waals surface area contributed by atoms with E-state index in [-0.39, 0.29) is 5.56 Å². The van der Waals surface area contributed by atoms with Crippen molar-refractivity contribution in [2.24, 2.45) is 0 Å². The van der Waals surface area contributed by atoms with Gasteiger partial charge in [-0.05, 0) is 30.2 Å². The van der Waals surface area contributed by atoms with Crippen LogP contribution in [0.15, 0.2) is 36.4 Å². The van der Waals surface area contributed by atoms with Crippen molar-refractivity contribution >= 4 is 17.6 Å². The highest BCUT2D eigenvalue weighted by molar-refractivity contribution is 6.30. The highest BCUT2D eigenvalue weighted by Gasteiger charge is 2.08. The Hall–Kier alpha value is -2.07. The molecular weight excluding hydrogens is 278 g/mol. The summed E-state index contributed by atoms with van der Waals surface area (Å²) in [4.78, 5) is 15.3. The molecule has 4 nitrogen and oxygen atoms in total. The van der Waals surface area contributed by atoms with Gasteiger partial charge >= 0.3 is 5.97 Å². The van der Waals surface area contributed by atoms with E-state index in [4.69, 9.17) is 21.4 Å². The smallest absolute Gasteiger partial charge is 0.335 e. The minimum atomic E-state index is -0.991. The van der Waals surface area contributed by atoms with Crippen LogP contribution in [0, 0.1) is 0 Å². The number of benzene rings is 1. The SMILES string of the molecule is CCc1cc(C(=O)O)cc(OCc2cccc(Cl)c2)n1. The number of halogens is 1. The van der Waals surface area contributed by atoms with Crippen LogP contribution in [0.1, 0.15) is 28.5 Å². The van der Waals surface area contributed by atoms with Gasteiger partial charge in [0, 0.05) is 16.8 Å². The van der Waals surface area contributed by atoms with Gasteiger partial charge in [0.05, 0.1) is 5.56 Å². The Kier molecular flexibility index (Phi) is 4.58. The highest BCUT2D eigenvalue weighted by atomic mass is 35.5. The molecule has 0 saturated carbocycles. The first-order valence-corrected chi connectivity index (χ1v) is 6.57. The van der Waals surface area contributed by atoms with Crippen LogP contribution in [-0.2, 0) is 13.0 Å². The normalized spacial score (nSPS) is 10.3. The van der Waals surface area contributed by atoms with Crippen molar-refractivity contribution in [1.29, 1.82) is 0 Å². The van der Waals surface area contributed by atoms with Crippen molar-refractivity contribution in [2.75, 3.05) is 0 Å². The van der Waals surface area contributed by atoms with Crippen LogP contribution < -0.4 is 4.74 Å². The van der Waals surface area contributed by atoms with Crippen LogP contribution in [0.25, 0.3) is 0 Å². The van der Waals surface area contributed by atoms with Crippen molar-refractivity contribution in [3.63, 3.8) is 0 Å². The van der Waals surface area contributed by atoms with Crippen LogP contribution >= 0.6 is 11.6 Å². The number of hydrogen-bond acceptors (Lipinski definition) is 3. The number of pyridine rings is 1. The number of aryl methyl sites for hydroxylation is 1. The van der Waals surface area contributed by atoms with Gasteiger partial charge in [0.1, 0.15) is 6.61 Å². The Bertz CT molecular complexity index is 628. The number of rotatable bonds is 5. The summed E-state index contributed by atoms with van der Waals surface area (Å²) in [7, 11) is 0. The lowest BCUT2D eigenvalue weighted by atomic mass is 10.2. The number of ether oxygens (including phenoxy) is 1. The summed E-state index contributed by atoms with van der Waals surface area (Å²) in [6.45, 7) is 2.20. The second-order valence-electron chi connectivity index (χ2n) is 4.26. The van der Waals surface area contributed by atoms with E-state index in [1.165, 1.54) is 6.07 Å². The maximum Gasteiger partial charge on any atom is 0.335 e. The first-order valence-electron chi connectivity index (χ1n) is 6.20. The molecule has 20 heavy (non-hydrogen) atoms. The van der Waals surface area contributed by atoms with Gasteiger partial charge in [-0.25, -0.2) is 9.78 Å². The summed E-state index contributed by atoms with van der Waals surface area (Å²) in [5.74, 6) is -0.684. The Labute approximate surface area is 122 Å². The molecule has 0 amide bonds. The molecule has 0 atom stereocenters. The van der Waals surface area contributed by atoms with Gasteiger partial charge in [-0.15, -0.1) is 0 Å². The molecule has 0 aliphatic rings. The lowest BCUT2D eigenvalue weighted by Gasteiger charge is -2.08. The summed E-state index contributed by atoms with van der Waals surface area (Å²) in [5.41, 5.74) is 1.77.